The monoisotopic (exact) mass is 863 g/mol. The molecule has 8 N–H and O–H groups in total. The molecule has 8 heteroatoms. The molecule has 0 bridgehead atoms. The average molecular weight is 863 g/mol. The molecule has 366 valence electrons. The molecule has 0 aromatic carbocycles. The van der Waals surface area contributed by atoms with Crippen molar-refractivity contribution in [1.29, 1.82) is 0 Å². The van der Waals surface area contributed by atoms with Crippen LogP contribution in [-0.4, -0.2) is 68.9 Å². The number of allylic oxidation sites excluding steroid dienone is 1. The first-order valence-corrected chi connectivity index (χ1v) is 25.8. The van der Waals surface area contributed by atoms with Crippen LogP contribution in [0.3, 0.4) is 0 Å². The molecule has 0 amide bonds. The van der Waals surface area contributed by atoms with E-state index in [9.17, 15) is 4.79 Å². The molecular formula is C52H110O8. The summed E-state index contributed by atoms with van der Waals surface area (Å²) in [6.07, 6.45) is 52.9. The molecule has 0 aromatic rings. The van der Waals surface area contributed by atoms with Gasteiger partial charge in [0.25, 0.3) is 0 Å². The van der Waals surface area contributed by atoms with E-state index in [1.807, 2.05) is 6.08 Å². The summed E-state index contributed by atoms with van der Waals surface area (Å²) in [5, 5.41) is 35.2. The predicted octanol–water partition coefficient (Wildman–Crippen LogP) is 14.4. The lowest BCUT2D eigenvalue weighted by Gasteiger charge is -2.06. The van der Waals surface area contributed by atoms with Gasteiger partial charge in [-0.15, -0.1) is 6.58 Å². The molecule has 0 aromatic heterocycles. The van der Waals surface area contributed by atoms with E-state index in [0.29, 0.717) is 12.5 Å². The molecule has 1 aliphatic heterocycles. The smallest absolute Gasteiger partial charge is 0.332 e. The number of hydrogen-bond donors (Lipinski definition) is 4. The van der Waals surface area contributed by atoms with Crippen molar-refractivity contribution >= 4 is 5.97 Å². The van der Waals surface area contributed by atoms with Crippen LogP contribution >= 0.6 is 0 Å². The van der Waals surface area contributed by atoms with Crippen molar-refractivity contribution in [2.45, 2.75) is 303 Å². The Bertz CT molecular complexity index is 748. The third-order valence-corrected chi connectivity index (χ3v) is 11.3. The highest BCUT2D eigenvalue weighted by atomic mass is 16.6. The Labute approximate surface area is 374 Å². The Morgan fingerprint density at radius 1 is 0.517 bits per heavy atom. The molecule has 1 rings (SSSR count). The van der Waals surface area contributed by atoms with Crippen molar-refractivity contribution in [3.05, 3.63) is 12.7 Å². The first-order chi connectivity index (χ1) is 28.3. The van der Waals surface area contributed by atoms with Gasteiger partial charge in [-0.1, -0.05) is 258 Å². The van der Waals surface area contributed by atoms with Gasteiger partial charge in [0.15, 0.2) is 6.10 Å². The molecule has 60 heavy (non-hydrogen) atoms. The maximum atomic E-state index is 10.3. The number of hydrogen-bond acceptors (Lipinski definition) is 5. The Balaban J connectivity index is -0.000000222. The minimum Gasteiger partial charge on any atom is -0.479 e. The minimum absolute atomic E-state index is 0. The Morgan fingerprint density at radius 2 is 0.800 bits per heavy atom. The second-order valence-electron chi connectivity index (χ2n) is 17.4. The summed E-state index contributed by atoms with van der Waals surface area (Å²) in [5.74, 6) is -1.10. The maximum Gasteiger partial charge on any atom is 0.332 e. The zero-order valence-corrected chi connectivity index (χ0v) is 40.8. The molecule has 0 spiro atoms. The molecule has 0 saturated carbocycles. The molecule has 1 fully saturated rings. The number of unbranched alkanes of at least 4 members (excludes halogenated alkanes) is 33. The molecular weight excluding hydrogens is 753 g/mol. The van der Waals surface area contributed by atoms with Gasteiger partial charge in [-0.25, -0.2) is 4.79 Å². The highest BCUT2D eigenvalue weighted by Gasteiger charge is 2.20. The first kappa shape index (κ1) is 68.0. The third-order valence-electron chi connectivity index (χ3n) is 11.3. The maximum absolute atomic E-state index is 10.3. The molecule has 1 heterocycles. The molecule has 0 radical (unpaired) electrons. The number of aliphatic hydroxyl groups excluding tert-OH is 3. The molecule has 3 atom stereocenters. The number of aliphatic hydroxyl groups is 3. The van der Waals surface area contributed by atoms with E-state index in [1.54, 1.807) is 0 Å². The molecule has 3 unspecified atom stereocenters. The highest BCUT2D eigenvalue weighted by Crippen LogP contribution is 2.18. The van der Waals surface area contributed by atoms with E-state index in [1.165, 1.54) is 225 Å². The van der Waals surface area contributed by atoms with Crippen LogP contribution in [0.15, 0.2) is 12.7 Å². The fourth-order valence-electron chi connectivity index (χ4n) is 7.07. The van der Waals surface area contributed by atoms with Crippen LogP contribution in [0.4, 0.5) is 0 Å². The predicted molar refractivity (Wildman–Crippen MR) is 261 cm³/mol. The number of ether oxygens (including phenoxy) is 1. The number of rotatable bonds is 42. The first-order valence-electron chi connectivity index (χ1n) is 25.8. The number of aliphatic carboxylic acids is 1. The van der Waals surface area contributed by atoms with Crippen molar-refractivity contribution in [2.75, 3.05) is 13.2 Å². The van der Waals surface area contributed by atoms with E-state index < -0.39 is 18.2 Å². The Morgan fingerprint density at radius 3 is 1.08 bits per heavy atom. The number of carbonyl (C=O) groups is 1. The topological polar surface area (TPSA) is 174 Å². The third kappa shape index (κ3) is 68.7. The van der Waals surface area contributed by atoms with E-state index in [-0.39, 0.29) is 17.6 Å². The van der Waals surface area contributed by atoms with Crippen LogP contribution in [0.2, 0.25) is 0 Å². The summed E-state index contributed by atoms with van der Waals surface area (Å²) in [7, 11) is 0. The number of carboxylic acids is 1. The van der Waals surface area contributed by atoms with Gasteiger partial charge in [0.1, 0.15) is 0 Å². The van der Waals surface area contributed by atoms with Gasteiger partial charge in [-0.05, 0) is 32.1 Å². The summed E-state index contributed by atoms with van der Waals surface area (Å²) >= 11 is 0. The van der Waals surface area contributed by atoms with Crippen LogP contribution < -0.4 is 0 Å². The van der Waals surface area contributed by atoms with Crippen molar-refractivity contribution < 1.29 is 40.9 Å². The van der Waals surface area contributed by atoms with Crippen LogP contribution in [0.25, 0.3) is 0 Å². The van der Waals surface area contributed by atoms with Crippen molar-refractivity contribution in [3.8, 4) is 0 Å². The van der Waals surface area contributed by atoms with E-state index in [2.05, 4.69) is 34.3 Å². The Kier molecular flexibility index (Phi) is 70.6. The SMILES string of the molecule is C=CCCCCCCCCCCC.CCCCCCCCCCCC(O)C(=O)O.CCCCCCCCCCCC(O)CO.CCCCCCCCCCCC1CO1.O.O. The van der Waals surface area contributed by atoms with Gasteiger partial charge in [0.05, 0.1) is 25.4 Å². The summed E-state index contributed by atoms with van der Waals surface area (Å²) in [6.45, 7) is 13.7. The number of carboxylic acid groups (broad SMARTS) is 1. The van der Waals surface area contributed by atoms with Crippen LogP contribution in [0.5, 0.6) is 0 Å². The van der Waals surface area contributed by atoms with E-state index in [0.717, 1.165) is 32.3 Å². The Hall–Kier alpha value is -1.03. The minimum atomic E-state index is -1.16. The molecule has 0 aliphatic carbocycles. The lowest BCUT2D eigenvalue weighted by Crippen LogP contribution is -2.18. The van der Waals surface area contributed by atoms with E-state index in [4.69, 9.17) is 25.2 Å². The van der Waals surface area contributed by atoms with Gasteiger partial charge in [0, 0.05) is 0 Å². The lowest BCUT2D eigenvalue weighted by atomic mass is 10.1. The molecule has 1 aliphatic rings. The van der Waals surface area contributed by atoms with Crippen LogP contribution in [-0.2, 0) is 9.53 Å². The van der Waals surface area contributed by atoms with Crippen molar-refractivity contribution in [2.24, 2.45) is 0 Å². The second-order valence-corrected chi connectivity index (χ2v) is 17.4. The summed E-state index contributed by atoms with van der Waals surface area (Å²) in [6, 6.07) is 0. The number of epoxide rings is 1. The van der Waals surface area contributed by atoms with Gasteiger partial charge < -0.3 is 36.1 Å². The second kappa shape index (κ2) is 62.3. The zero-order chi connectivity index (χ0) is 43.4. The van der Waals surface area contributed by atoms with Crippen molar-refractivity contribution in [1.82, 2.24) is 0 Å². The molecule has 8 nitrogen and oxygen atoms in total. The fraction of sp³-hybridized carbons (Fsp3) is 0.942. The largest absolute Gasteiger partial charge is 0.479 e. The summed E-state index contributed by atoms with van der Waals surface area (Å²) in [5.41, 5.74) is 0. The van der Waals surface area contributed by atoms with Crippen LogP contribution in [0, 0.1) is 0 Å². The van der Waals surface area contributed by atoms with Gasteiger partial charge >= 0.3 is 5.97 Å². The lowest BCUT2D eigenvalue weighted by molar-refractivity contribution is -0.146. The normalized spacial score (nSPS) is 13.5. The summed E-state index contributed by atoms with van der Waals surface area (Å²) in [4.78, 5) is 10.3. The highest BCUT2D eigenvalue weighted by molar-refractivity contribution is 5.71. The standard InChI is InChI=1S/C13H26O3.C13H28O2.C13H26O.C13H26.2H2O/c1-2-3-4-5-6-7-8-9-10-11-12(14)13(15)16;1-2-3-4-5-6-7-8-9-10-11-13(15)12-14;1-2-3-4-5-6-7-8-9-10-11-13-12-14-13;1-3-5-7-9-11-13-12-10-8-6-4-2;;/h12,14H,2-11H2,1H3,(H,15,16);13-15H,2-12H2,1H3;13H,2-12H2,1H3;3H,1,4-13H2,2H3;2*1H2. The zero-order valence-electron chi connectivity index (χ0n) is 40.8. The van der Waals surface area contributed by atoms with Crippen LogP contribution in [0.1, 0.15) is 285 Å². The molecule has 1 saturated heterocycles. The van der Waals surface area contributed by atoms with Gasteiger partial charge in [-0.2, -0.15) is 0 Å². The summed E-state index contributed by atoms with van der Waals surface area (Å²) < 4.78 is 5.18. The van der Waals surface area contributed by atoms with Crippen molar-refractivity contribution in [3.63, 3.8) is 0 Å². The van der Waals surface area contributed by atoms with Gasteiger partial charge in [-0.3, -0.25) is 0 Å². The average Bonchev–Trinajstić information content (AvgIpc) is 4.06. The quantitative estimate of drug-likeness (QED) is 0.0270. The van der Waals surface area contributed by atoms with E-state index >= 15 is 0 Å². The van der Waals surface area contributed by atoms with Gasteiger partial charge in [0.2, 0.25) is 0 Å². The fourth-order valence-corrected chi connectivity index (χ4v) is 7.07.